The van der Waals surface area contributed by atoms with Crippen LogP contribution in [0.5, 0.6) is 23.0 Å². The Bertz CT molecular complexity index is 1170. The standard InChI is InChI=1S/C27H25NO4/c1-29-22-13-10-19(11-14-22)9-12-20-15-23(30-2)17-27(32-4)25(20)16-21(18-28)24-7-5-6-8-26(24)31-3/h5-17H,1-4H3/b12-9+,21-16+. The van der Waals surface area contributed by atoms with Crippen LogP contribution in [0.3, 0.4) is 0 Å². The van der Waals surface area contributed by atoms with E-state index in [4.69, 9.17) is 18.9 Å². The molecule has 0 N–H and O–H groups in total. The molecule has 0 spiro atoms. The number of methoxy groups -OCH3 is 4. The summed E-state index contributed by atoms with van der Waals surface area (Å²) in [7, 11) is 6.43. The van der Waals surface area contributed by atoms with Gasteiger partial charge in [-0.3, -0.25) is 0 Å². The SMILES string of the molecule is COc1ccc(/C=C/c2cc(OC)cc(OC)c2/C=C(\C#N)c2ccccc2OC)cc1. The Hall–Kier alpha value is -4.17. The fourth-order valence-corrected chi connectivity index (χ4v) is 3.28. The summed E-state index contributed by atoms with van der Waals surface area (Å²) in [6.45, 7) is 0. The van der Waals surface area contributed by atoms with Crippen molar-refractivity contribution < 1.29 is 18.9 Å². The molecule has 32 heavy (non-hydrogen) atoms. The van der Waals surface area contributed by atoms with Gasteiger partial charge in [0.15, 0.2) is 0 Å². The Labute approximate surface area is 188 Å². The van der Waals surface area contributed by atoms with E-state index in [1.165, 1.54) is 0 Å². The number of hydrogen-bond donors (Lipinski definition) is 0. The molecule has 0 atom stereocenters. The van der Waals surface area contributed by atoms with Crippen LogP contribution in [0.4, 0.5) is 0 Å². The molecule has 0 aromatic heterocycles. The number of allylic oxidation sites excluding steroid dienone is 1. The third-order valence-electron chi connectivity index (χ3n) is 4.98. The lowest BCUT2D eigenvalue weighted by Crippen LogP contribution is -1.95. The second-order valence-corrected chi connectivity index (χ2v) is 6.81. The van der Waals surface area contributed by atoms with Crippen LogP contribution >= 0.6 is 0 Å². The highest BCUT2D eigenvalue weighted by Crippen LogP contribution is 2.35. The zero-order chi connectivity index (χ0) is 22.9. The smallest absolute Gasteiger partial charge is 0.130 e. The van der Waals surface area contributed by atoms with Gasteiger partial charge in [-0.25, -0.2) is 0 Å². The monoisotopic (exact) mass is 427 g/mol. The molecule has 0 saturated carbocycles. The van der Waals surface area contributed by atoms with Gasteiger partial charge in [-0.2, -0.15) is 5.26 Å². The van der Waals surface area contributed by atoms with Gasteiger partial charge in [0.2, 0.25) is 0 Å². The third kappa shape index (κ3) is 5.11. The van der Waals surface area contributed by atoms with Gasteiger partial charge in [-0.15, -0.1) is 0 Å². The van der Waals surface area contributed by atoms with Crippen LogP contribution in [-0.2, 0) is 0 Å². The Morgan fingerprint density at radius 2 is 1.44 bits per heavy atom. The first-order valence-electron chi connectivity index (χ1n) is 9.96. The first-order chi connectivity index (χ1) is 15.6. The van der Waals surface area contributed by atoms with Crippen molar-refractivity contribution in [1.29, 1.82) is 5.26 Å². The number of ether oxygens (including phenoxy) is 4. The highest BCUT2D eigenvalue weighted by Gasteiger charge is 2.13. The minimum atomic E-state index is 0.463. The zero-order valence-electron chi connectivity index (χ0n) is 18.6. The van der Waals surface area contributed by atoms with Crippen LogP contribution < -0.4 is 18.9 Å². The molecule has 162 valence electrons. The molecule has 0 fully saturated rings. The van der Waals surface area contributed by atoms with Crippen molar-refractivity contribution in [1.82, 2.24) is 0 Å². The Balaban J connectivity index is 2.14. The number of para-hydroxylation sites is 1. The fraction of sp³-hybridized carbons (Fsp3) is 0.148. The van der Waals surface area contributed by atoms with Crippen LogP contribution in [0.15, 0.2) is 60.7 Å². The molecule has 0 bridgehead atoms. The lowest BCUT2D eigenvalue weighted by Gasteiger charge is -2.13. The third-order valence-corrected chi connectivity index (χ3v) is 4.98. The van der Waals surface area contributed by atoms with Crippen molar-refractivity contribution in [2.24, 2.45) is 0 Å². The van der Waals surface area contributed by atoms with E-state index in [-0.39, 0.29) is 0 Å². The molecule has 0 aliphatic rings. The van der Waals surface area contributed by atoms with Crippen LogP contribution in [-0.4, -0.2) is 28.4 Å². The number of hydrogen-bond acceptors (Lipinski definition) is 5. The predicted octanol–water partition coefficient (Wildman–Crippen LogP) is 5.96. The minimum absolute atomic E-state index is 0.463. The van der Waals surface area contributed by atoms with E-state index in [0.717, 1.165) is 22.4 Å². The lowest BCUT2D eigenvalue weighted by molar-refractivity contribution is 0.393. The maximum absolute atomic E-state index is 9.90. The van der Waals surface area contributed by atoms with Crippen LogP contribution in [0, 0.1) is 11.3 Å². The molecule has 0 aliphatic carbocycles. The van der Waals surface area contributed by atoms with Gasteiger partial charge in [0.1, 0.15) is 23.0 Å². The van der Waals surface area contributed by atoms with Crippen molar-refractivity contribution in [3.63, 3.8) is 0 Å². The summed E-state index contributed by atoms with van der Waals surface area (Å²) in [5.41, 5.74) is 3.79. The first kappa shape index (κ1) is 22.5. The van der Waals surface area contributed by atoms with E-state index < -0.39 is 0 Å². The Morgan fingerprint density at radius 3 is 2.06 bits per heavy atom. The maximum Gasteiger partial charge on any atom is 0.130 e. The highest BCUT2D eigenvalue weighted by atomic mass is 16.5. The molecule has 0 saturated heterocycles. The topological polar surface area (TPSA) is 60.7 Å². The number of nitrogens with zero attached hydrogens (tertiary/aromatic N) is 1. The lowest BCUT2D eigenvalue weighted by atomic mass is 9.98. The van der Waals surface area contributed by atoms with Gasteiger partial charge >= 0.3 is 0 Å². The Morgan fingerprint density at radius 1 is 0.750 bits per heavy atom. The van der Waals surface area contributed by atoms with Crippen LogP contribution in [0.2, 0.25) is 0 Å². The maximum atomic E-state index is 9.90. The minimum Gasteiger partial charge on any atom is -0.497 e. The number of benzene rings is 3. The summed E-state index contributed by atoms with van der Waals surface area (Å²) in [5, 5.41) is 9.90. The van der Waals surface area contributed by atoms with Crippen molar-refractivity contribution in [3.05, 3.63) is 82.9 Å². The molecular weight excluding hydrogens is 402 g/mol. The van der Waals surface area contributed by atoms with Crippen molar-refractivity contribution in [2.75, 3.05) is 28.4 Å². The average Bonchev–Trinajstić information content (AvgIpc) is 2.86. The molecule has 0 heterocycles. The van der Waals surface area contributed by atoms with Crippen LogP contribution in [0.25, 0.3) is 23.8 Å². The van der Waals surface area contributed by atoms with Crippen molar-refractivity contribution in [2.45, 2.75) is 0 Å². The molecule has 0 radical (unpaired) electrons. The van der Waals surface area contributed by atoms with Gasteiger partial charge in [-0.05, 0) is 47.5 Å². The molecule has 0 amide bonds. The fourth-order valence-electron chi connectivity index (χ4n) is 3.28. The van der Waals surface area contributed by atoms with Crippen LogP contribution in [0.1, 0.15) is 22.3 Å². The quantitative estimate of drug-likeness (QED) is 0.328. The molecule has 0 aliphatic heterocycles. The molecule has 3 aromatic carbocycles. The molecule has 0 unspecified atom stereocenters. The number of nitriles is 1. The van der Waals surface area contributed by atoms with Gasteiger partial charge in [0.25, 0.3) is 0 Å². The normalized spacial score (nSPS) is 11.2. The van der Waals surface area contributed by atoms with Gasteiger partial charge in [0, 0.05) is 17.2 Å². The van der Waals surface area contributed by atoms with Crippen molar-refractivity contribution >= 4 is 23.8 Å². The van der Waals surface area contributed by atoms with Crippen molar-refractivity contribution in [3.8, 4) is 29.1 Å². The molecule has 5 heteroatoms. The second kappa shape index (κ2) is 10.7. The summed E-state index contributed by atoms with van der Waals surface area (Å²) in [4.78, 5) is 0. The van der Waals surface area contributed by atoms with Gasteiger partial charge in [0.05, 0.1) is 40.1 Å². The summed E-state index contributed by atoms with van der Waals surface area (Å²) in [6, 6.07) is 21.2. The summed E-state index contributed by atoms with van der Waals surface area (Å²) in [5.74, 6) is 2.68. The largest absolute Gasteiger partial charge is 0.497 e. The summed E-state index contributed by atoms with van der Waals surface area (Å²) < 4.78 is 21.8. The molecule has 5 nitrogen and oxygen atoms in total. The zero-order valence-corrected chi connectivity index (χ0v) is 18.6. The summed E-state index contributed by atoms with van der Waals surface area (Å²) in [6.07, 6.45) is 5.76. The van der Waals surface area contributed by atoms with E-state index in [0.29, 0.717) is 28.4 Å². The second-order valence-electron chi connectivity index (χ2n) is 6.81. The first-order valence-corrected chi connectivity index (χ1v) is 9.96. The van der Waals surface area contributed by atoms with E-state index in [1.54, 1.807) is 34.5 Å². The Kier molecular flexibility index (Phi) is 7.55. The van der Waals surface area contributed by atoms with Gasteiger partial charge < -0.3 is 18.9 Å². The number of rotatable bonds is 8. The predicted molar refractivity (Wildman–Crippen MR) is 128 cm³/mol. The summed E-state index contributed by atoms with van der Waals surface area (Å²) >= 11 is 0. The average molecular weight is 428 g/mol. The molecule has 3 aromatic rings. The van der Waals surface area contributed by atoms with E-state index in [9.17, 15) is 5.26 Å². The van der Waals surface area contributed by atoms with E-state index >= 15 is 0 Å². The van der Waals surface area contributed by atoms with E-state index in [1.807, 2.05) is 72.8 Å². The molecule has 3 rings (SSSR count). The van der Waals surface area contributed by atoms with E-state index in [2.05, 4.69) is 6.07 Å². The van der Waals surface area contributed by atoms with Gasteiger partial charge in [-0.1, -0.05) is 36.4 Å². The molecular formula is C27H25NO4. The highest BCUT2D eigenvalue weighted by molar-refractivity contribution is 5.95.